The van der Waals surface area contributed by atoms with Gasteiger partial charge in [0.25, 0.3) is 0 Å². The van der Waals surface area contributed by atoms with Crippen LogP contribution in [0.3, 0.4) is 0 Å². The Morgan fingerprint density at radius 3 is 2.00 bits per heavy atom. The Labute approximate surface area is 114 Å². The third-order valence-electron chi connectivity index (χ3n) is 2.64. The molecular weight excluding hydrogens is 263 g/mol. The van der Waals surface area contributed by atoms with Crippen LogP contribution in [0.5, 0.6) is 0 Å². The number of benzene rings is 1. The van der Waals surface area contributed by atoms with Crippen molar-refractivity contribution in [2.75, 3.05) is 0 Å². The Morgan fingerprint density at radius 1 is 1.16 bits per heavy atom. The van der Waals surface area contributed by atoms with Crippen molar-refractivity contribution in [2.45, 2.75) is 40.7 Å². The number of hydrogen-bond acceptors (Lipinski definition) is 4. The summed E-state index contributed by atoms with van der Waals surface area (Å²) in [5, 5.41) is 0.141. The predicted octanol–water partition coefficient (Wildman–Crippen LogP) is 2.59. The van der Waals surface area contributed by atoms with Crippen LogP contribution in [0, 0.1) is 5.41 Å². The molecule has 0 radical (unpaired) electrons. The molecule has 0 atom stereocenters. The van der Waals surface area contributed by atoms with Crippen LogP contribution in [-0.2, 0) is 9.32 Å². The summed E-state index contributed by atoms with van der Waals surface area (Å²) in [7, 11) is -5.06. The molecule has 108 valence electrons. The molecule has 0 unspecified atom stereocenters. The van der Waals surface area contributed by atoms with Crippen LogP contribution in [-0.4, -0.2) is 21.4 Å². The summed E-state index contributed by atoms with van der Waals surface area (Å²) in [6.45, 7) is 8.29. The van der Waals surface area contributed by atoms with Crippen LogP contribution in [0.15, 0.2) is 30.3 Å². The van der Waals surface area contributed by atoms with Crippen LogP contribution in [0.25, 0.3) is 0 Å². The first kappa shape index (κ1) is 16.3. The van der Waals surface area contributed by atoms with Gasteiger partial charge in [-0.1, -0.05) is 0 Å². The van der Waals surface area contributed by atoms with E-state index in [9.17, 15) is 14.6 Å². The van der Waals surface area contributed by atoms with Gasteiger partial charge in [0.05, 0.1) is 0 Å². The molecule has 2 N–H and O–H groups in total. The molecular formula is C14H23O4P. The summed E-state index contributed by atoms with van der Waals surface area (Å²) in [5.41, 5.74) is -1.58. The van der Waals surface area contributed by atoms with Crippen molar-refractivity contribution in [1.82, 2.24) is 0 Å². The van der Waals surface area contributed by atoms with Crippen molar-refractivity contribution < 1.29 is 19.1 Å². The van der Waals surface area contributed by atoms with Crippen LogP contribution in [0.4, 0.5) is 0 Å². The standard InChI is InChI=1S/C14H23O4P/c1-11(2)18-19(16,17,13(15)14(3,4)5)12-9-7-6-8-10-12/h6-11,16-17H,1-5H3. The van der Waals surface area contributed by atoms with Crippen molar-refractivity contribution in [3.63, 3.8) is 0 Å². The van der Waals surface area contributed by atoms with Crippen molar-refractivity contribution in [3.8, 4) is 0 Å². The third-order valence-corrected chi connectivity index (χ3v) is 6.09. The predicted molar refractivity (Wildman–Crippen MR) is 78.1 cm³/mol. The quantitative estimate of drug-likeness (QED) is 0.835. The van der Waals surface area contributed by atoms with Crippen LogP contribution in [0.2, 0.25) is 0 Å². The van der Waals surface area contributed by atoms with Gasteiger partial charge in [-0.05, 0) is 0 Å². The van der Waals surface area contributed by atoms with E-state index in [4.69, 9.17) is 4.52 Å². The molecule has 1 aromatic rings. The van der Waals surface area contributed by atoms with Gasteiger partial charge >= 0.3 is 114 Å². The summed E-state index contributed by atoms with van der Waals surface area (Å²) in [5.74, 6) is 0. The van der Waals surface area contributed by atoms with E-state index in [1.807, 2.05) is 0 Å². The number of carbonyl (C=O) groups is 1. The first-order valence-electron chi connectivity index (χ1n) is 6.28. The van der Waals surface area contributed by atoms with Gasteiger partial charge in [0, 0.05) is 0 Å². The fourth-order valence-corrected chi connectivity index (χ4v) is 5.10. The van der Waals surface area contributed by atoms with E-state index in [-0.39, 0.29) is 5.30 Å². The van der Waals surface area contributed by atoms with E-state index < -0.39 is 24.3 Å². The Balaban J connectivity index is 3.47. The van der Waals surface area contributed by atoms with E-state index in [1.54, 1.807) is 52.8 Å². The monoisotopic (exact) mass is 286 g/mol. The molecule has 0 fully saturated rings. The van der Waals surface area contributed by atoms with Gasteiger partial charge in [-0.25, -0.2) is 0 Å². The first-order valence-corrected chi connectivity index (χ1v) is 8.34. The molecule has 0 aromatic heterocycles. The second kappa shape index (κ2) is 4.95. The van der Waals surface area contributed by atoms with Crippen molar-refractivity contribution in [1.29, 1.82) is 0 Å². The molecule has 0 aliphatic rings. The van der Waals surface area contributed by atoms with Gasteiger partial charge in [-0.15, -0.1) is 0 Å². The van der Waals surface area contributed by atoms with Crippen molar-refractivity contribution in [2.24, 2.45) is 5.41 Å². The molecule has 0 spiro atoms. The average Bonchev–Trinajstić information content (AvgIpc) is 2.27. The summed E-state index contributed by atoms with van der Waals surface area (Å²) < 4.78 is 5.39. The maximum absolute atomic E-state index is 12.6. The molecule has 1 aromatic carbocycles. The van der Waals surface area contributed by atoms with E-state index >= 15 is 0 Å². The first-order chi connectivity index (χ1) is 8.47. The van der Waals surface area contributed by atoms with Gasteiger partial charge in [0.1, 0.15) is 0 Å². The molecule has 4 nitrogen and oxygen atoms in total. The van der Waals surface area contributed by atoms with Gasteiger partial charge in [0.2, 0.25) is 0 Å². The van der Waals surface area contributed by atoms with E-state index in [2.05, 4.69) is 0 Å². The van der Waals surface area contributed by atoms with Gasteiger partial charge in [-0.2, -0.15) is 0 Å². The van der Waals surface area contributed by atoms with Crippen molar-refractivity contribution in [3.05, 3.63) is 30.3 Å². The molecule has 19 heavy (non-hydrogen) atoms. The van der Waals surface area contributed by atoms with E-state index in [1.165, 1.54) is 12.1 Å². The zero-order valence-corrected chi connectivity index (χ0v) is 13.0. The molecule has 0 amide bonds. The normalized spacial score (nSPS) is 15.1. The zero-order valence-electron chi connectivity index (χ0n) is 12.1. The fourth-order valence-electron chi connectivity index (χ4n) is 1.93. The second-order valence-electron chi connectivity index (χ2n) is 5.99. The van der Waals surface area contributed by atoms with Gasteiger partial charge in [0.15, 0.2) is 0 Å². The zero-order chi connectivity index (χ0) is 14.9. The molecule has 0 bridgehead atoms. The van der Waals surface area contributed by atoms with E-state index in [0.29, 0.717) is 0 Å². The summed E-state index contributed by atoms with van der Waals surface area (Å²) in [6.07, 6.45) is -0.473. The molecule has 0 heterocycles. The minimum absolute atomic E-state index is 0.141. The Morgan fingerprint density at radius 2 is 1.63 bits per heavy atom. The molecule has 0 aliphatic carbocycles. The molecule has 0 saturated carbocycles. The number of hydrogen-bond donors (Lipinski definition) is 2. The molecule has 0 aliphatic heterocycles. The maximum atomic E-state index is 12.6. The Bertz CT molecular complexity index is 460. The van der Waals surface area contributed by atoms with Gasteiger partial charge < -0.3 is 0 Å². The average molecular weight is 286 g/mol. The summed E-state index contributed by atoms with van der Waals surface area (Å²) >= 11 is 0. The minimum atomic E-state index is -5.06. The third kappa shape index (κ3) is 3.21. The SMILES string of the molecule is CC(C)OP(O)(O)(C(=O)C(C)(C)C)c1ccccc1. The summed E-state index contributed by atoms with van der Waals surface area (Å²) in [6, 6.07) is 8.09. The number of rotatable bonds is 4. The van der Waals surface area contributed by atoms with Gasteiger partial charge in [-0.3, -0.25) is 0 Å². The second-order valence-corrected chi connectivity index (χ2v) is 9.02. The van der Waals surface area contributed by atoms with Crippen LogP contribution < -0.4 is 5.30 Å². The van der Waals surface area contributed by atoms with E-state index in [0.717, 1.165) is 0 Å². The Hall–Kier alpha value is -0.800. The topological polar surface area (TPSA) is 66.8 Å². The Kier molecular flexibility index (Phi) is 4.23. The van der Waals surface area contributed by atoms with Crippen LogP contribution in [0.1, 0.15) is 34.6 Å². The fraction of sp³-hybridized carbons (Fsp3) is 0.500. The van der Waals surface area contributed by atoms with Crippen molar-refractivity contribution >= 4 is 18.1 Å². The molecule has 0 saturated heterocycles. The number of carbonyl (C=O) groups excluding carboxylic acids is 1. The summed E-state index contributed by atoms with van der Waals surface area (Å²) in [4.78, 5) is 34.3. The molecule has 5 heteroatoms. The van der Waals surface area contributed by atoms with Crippen LogP contribution >= 0.6 is 7.28 Å². The molecule has 1 rings (SSSR count).